The average Bonchev–Trinajstić information content (AvgIpc) is 3.23. The predicted molar refractivity (Wildman–Crippen MR) is 101 cm³/mol. The van der Waals surface area contributed by atoms with E-state index in [4.69, 9.17) is 9.47 Å². The van der Waals surface area contributed by atoms with Crippen LogP contribution in [0.25, 0.3) is 0 Å². The molecule has 5 heteroatoms. The molecule has 0 aromatic heterocycles. The van der Waals surface area contributed by atoms with Gasteiger partial charge in [-0.3, -0.25) is 4.79 Å². The number of hydrogen-bond donors (Lipinski definition) is 0. The molecule has 1 aromatic rings. The fourth-order valence-electron chi connectivity index (χ4n) is 4.82. The van der Waals surface area contributed by atoms with E-state index in [-0.39, 0.29) is 11.5 Å². The van der Waals surface area contributed by atoms with Crippen LogP contribution in [-0.4, -0.2) is 67.2 Å². The lowest BCUT2D eigenvalue weighted by Gasteiger charge is -2.48. The van der Waals surface area contributed by atoms with Crippen LogP contribution < -0.4 is 4.74 Å². The van der Waals surface area contributed by atoms with Crippen molar-refractivity contribution in [2.75, 3.05) is 39.9 Å². The Kier molecular flexibility index (Phi) is 5.18. The molecule has 0 bridgehead atoms. The topological polar surface area (TPSA) is 42.0 Å². The van der Waals surface area contributed by atoms with E-state index >= 15 is 0 Å². The molecule has 0 aliphatic carbocycles. The molecule has 0 N–H and O–H groups in total. The fraction of sp³-hybridized carbons (Fsp3) is 0.667. The van der Waals surface area contributed by atoms with Gasteiger partial charge >= 0.3 is 0 Å². The van der Waals surface area contributed by atoms with Gasteiger partial charge < -0.3 is 19.3 Å². The molecule has 3 heterocycles. The smallest absolute Gasteiger partial charge is 0.253 e. The number of rotatable bonds is 3. The van der Waals surface area contributed by atoms with Crippen molar-refractivity contribution < 1.29 is 14.3 Å². The molecule has 5 nitrogen and oxygen atoms in total. The van der Waals surface area contributed by atoms with E-state index < -0.39 is 0 Å². The number of hydrogen-bond acceptors (Lipinski definition) is 4. The van der Waals surface area contributed by atoms with E-state index in [1.807, 2.05) is 29.2 Å². The number of carbonyl (C=O) groups is 1. The lowest BCUT2D eigenvalue weighted by molar-refractivity contribution is -0.128. The summed E-state index contributed by atoms with van der Waals surface area (Å²) in [4.78, 5) is 17.5. The van der Waals surface area contributed by atoms with Crippen molar-refractivity contribution in [1.82, 2.24) is 9.80 Å². The maximum Gasteiger partial charge on any atom is 0.253 e. The molecular formula is C21H30N2O3. The average molecular weight is 358 g/mol. The van der Waals surface area contributed by atoms with Gasteiger partial charge in [-0.15, -0.1) is 0 Å². The Bertz CT molecular complexity index is 634. The Balaban J connectivity index is 1.37. The largest absolute Gasteiger partial charge is 0.497 e. The highest BCUT2D eigenvalue weighted by Crippen LogP contribution is 2.37. The third-order valence-electron chi connectivity index (χ3n) is 6.40. The van der Waals surface area contributed by atoms with Crippen LogP contribution in [0.4, 0.5) is 0 Å². The molecule has 4 rings (SSSR count). The van der Waals surface area contributed by atoms with Crippen LogP contribution in [0.1, 0.15) is 48.9 Å². The van der Waals surface area contributed by atoms with Crippen molar-refractivity contribution in [2.45, 2.75) is 50.2 Å². The van der Waals surface area contributed by atoms with Gasteiger partial charge in [-0.05, 0) is 69.8 Å². The zero-order valence-electron chi connectivity index (χ0n) is 15.8. The van der Waals surface area contributed by atoms with E-state index in [1.165, 1.54) is 25.9 Å². The lowest BCUT2D eigenvalue weighted by Crippen LogP contribution is -2.54. The number of carbonyl (C=O) groups excluding carboxylic acids is 1. The van der Waals surface area contributed by atoms with Crippen molar-refractivity contribution in [3.8, 4) is 5.75 Å². The van der Waals surface area contributed by atoms with Gasteiger partial charge in [-0.1, -0.05) is 6.07 Å². The van der Waals surface area contributed by atoms with Crippen molar-refractivity contribution >= 4 is 5.91 Å². The number of amides is 1. The van der Waals surface area contributed by atoms with Gasteiger partial charge in [0.1, 0.15) is 5.75 Å². The number of methoxy groups -OCH3 is 1. The minimum absolute atomic E-state index is 0.0172. The molecule has 3 aliphatic rings. The number of benzene rings is 1. The Morgan fingerprint density at radius 3 is 2.69 bits per heavy atom. The lowest BCUT2D eigenvalue weighted by atomic mass is 9.81. The van der Waals surface area contributed by atoms with Gasteiger partial charge in [-0.25, -0.2) is 0 Å². The summed E-state index contributed by atoms with van der Waals surface area (Å²) in [6.45, 7) is 4.93. The third-order valence-corrected chi connectivity index (χ3v) is 6.40. The van der Waals surface area contributed by atoms with E-state index in [1.54, 1.807) is 7.11 Å². The van der Waals surface area contributed by atoms with Gasteiger partial charge in [-0.2, -0.15) is 0 Å². The zero-order chi connectivity index (χ0) is 18.0. The standard InChI is InChI=1S/C21H30N2O3/c1-25-19-6-4-5-17(15-19)20(24)23-12-8-21(9-13-23)16-18(7-14-26-21)22-10-2-3-11-22/h4-6,15,18H,2-3,7-14,16H2,1H3. The molecule has 1 atom stereocenters. The molecule has 1 spiro atoms. The van der Waals surface area contributed by atoms with Crippen LogP contribution in [0.5, 0.6) is 5.75 Å². The van der Waals surface area contributed by atoms with E-state index in [0.717, 1.165) is 51.1 Å². The monoisotopic (exact) mass is 358 g/mol. The molecule has 1 unspecified atom stereocenters. The summed E-state index contributed by atoms with van der Waals surface area (Å²) in [6.07, 6.45) is 6.88. The normalized spacial score (nSPS) is 26.2. The Hall–Kier alpha value is -1.59. The second-order valence-electron chi connectivity index (χ2n) is 7.95. The number of nitrogens with zero attached hydrogens (tertiary/aromatic N) is 2. The van der Waals surface area contributed by atoms with Gasteiger partial charge in [0.15, 0.2) is 0 Å². The summed E-state index contributed by atoms with van der Waals surface area (Å²) in [6, 6.07) is 8.12. The van der Waals surface area contributed by atoms with Crippen LogP contribution in [0.3, 0.4) is 0 Å². The van der Waals surface area contributed by atoms with E-state index in [0.29, 0.717) is 11.6 Å². The maximum atomic E-state index is 12.8. The highest BCUT2D eigenvalue weighted by atomic mass is 16.5. The summed E-state index contributed by atoms with van der Waals surface area (Å²) < 4.78 is 11.5. The summed E-state index contributed by atoms with van der Waals surface area (Å²) in [7, 11) is 1.63. The minimum Gasteiger partial charge on any atom is -0.497 e. The highest BCUT2D eigenvalue weighted by molar-refractivity contribution is 5.94. The molecule has 0 radical (unpaired) electrons. The molecule has 1 aromatic carbocycles. The second-order valence-corrected chi connectivity index (χ2v) is 7.95. The first kappa shape index (κ1) is 17.8. The minimum atomic E-state index is -0.0172. The first-order chi connectivity index (χ1) is 12.7. The van der Waals surface area contributed by atoms with Crippen molar-refractivity contribution in [3.63, 3.8) is 0 Å². The molecule has 0 saturated carbocycles. The number of ether oxygens (including phenoxy) is 2. The van der Waals surface area contributed by atoms with Gasteiger partial charge in [0.25, 0.3) is 5.91 Å². The number of likely N-dealkylation sites (tertiary alicyclic amines) is 2. The van der Waals surface area contributed by atoms with Gasteiger partial charge in [0, 0.05) is 31.3 Å². The predicted octanol–water partition coefficient (Wildman–Crippen LogP) is 2.94. The van der Waals surface area contributed by atoms with Crippen LogP contribution in [-0.2, 0) is 4.74 Å². The highest BCUT2D eigenvalue weighted by Gasteiger charge is 2.42. The fourth-order valence-corrected chi connectivity index (χ4v) is 4.82. The third kappa shape index (κ3) is 3.60. The quantitative estimate of drug-likeness (QED) is 0.833. The molecule has 3 fully saturated rings. The number of piperidine rings is 1. The molecule has 26 heavy (non-hydrogen) atoms. The second kappa shape index (κ2) is 7.57. The van der Waals surface area contributed by atoms with Crippen molar-refractivity contribution in [1.29, 1.82) is 0 Å². The Morgan fingerprint density at radius 1 is 1.19 bits per heavy atom. The summed E-state index contributed by atoms with van der Waals surface area (Å²) in [5.74, 6) is 0.832. The Morgan fingerprint density at radius 2 is 1.96 bits per heavy atom. The maximum absolute atomic E-state index is 12.8. The van der Waals surface area contributed by atoms with E-state index in [2.05, 4.69) is 4.90 Å². The van der Waals surface area contributed by atoms with Crippen molar-refractivity contribution in [3.05, 3.63) is 29.8 Å². The molecule has 3 saturated heterocycles. The van der Waals surface area contributed by atoms with Crippen LogP contribution in [0, 0.1) is 0 Å². The zero-order valence-corrected chi connectivity index (χ0v) is 15.8. The first-order valence-electron chi connectivity index (χ1n) is 10.0. The molecule has 1 amide bonds. The Labute approximate surface area is 156 Å². The molecule has 142 valence electrons. The van der Waals surface area contributed by atoms with Crippen LogP contribution >= 0.6 is 0 Å². The molecular weight excluding hydrogens is 328 g/mol. The van der Waals surface area contributed by atoms with E-state index in [9.17, 15) is 4.79 Å². The van der Waals surface area contributed by atoms with Crippen molar-refractivity contribution in [2.24, 2.45) is 0 Å². The van der Waals surface area contributed by atoms with Gasteiger partial charge in [0.05, 0.1) is 12.7 Å². The molecule has 3 aliphatic heterocycles. The van der Waals surface area contributed by atoms with Gasteiger partial charge in [0.2, 0.25) is 0 Å². The summed E-state index contributed by atoms with van der Waals surface area (Å²) >= 11 is 0. The summed E-state index contributed by atoms with van der Waals surface area (Å²) in [5, 5.41) is 0. The first-order valence-corrected chi connectivity index (χ1v) is 10.0. The van der Waals surface area contributed by atoms with Crippen LogP contribution in [0.2, 0.25) is 0 Å². The summed E-state index contributed by atoms with van der Waals surface area (Å²) in [5.41, 5.74) is 0.691. The van der Waals surface area contributed by atoms with Crippen LogP contribution in [0.15, 0.2) is 24.3 Å². The SMILES string of the molecule is COc1cccc(C(=O)N2CCC3(CC2)CC(N2CCCC2)CCO3)c1.